The molecule has 0 aromatic heterocycles. The summed E-state index contributed by atoms with van der Waals surface area (Å²) in [5.41, 5.74) is 1.14. The Bertz CT molecular complexity index is 219. The molecule has 0 aliphatic carbocycles. The molecule has 100 valence electrons. The summed E-state index contributed by atoms with van der Waals surface area (Å²) in [5.74, 6) is -0.201. The Kier molecular flexibility index (Phi) is 11.1. The van der Waals surface area contributed by atoms with Gasteiger partial charge >= 0.3 is 5.97 Å². The Hall–Kier alpha value is -0.790. The maximum Gasteiger partial charge on any atom is 0.330 e. The lowest BCUT2D eigenvalue weighted by atomic mass is 10.1. The van der Waals surface area contributed by atoms with E-state index in [-0.39, 0.29) is 5.97 Å². The number of allylic oxidation sites excluding steroid dienone is 1. The molecule has 0 N–H and O–H groups in total. The lowest BCUT2D eigenvalue weighted by Crippen LogP contribution is -2.00. The summed E-state index contributed by atoms with van der Waals surface area (Å²) >= 11 is 0. The van der Waals surface area contributed by atoms with Crippen LogP contribution in [0.4, 0.5) is 0 Å². The van der Waals surface area contributed by atoms with E-state index in [0.717, 1.165) is 12.0 Å². The van der Waals surface area contributed by atoms with Gasteiger partial charge in [0, 0.05) is 6.08 Å². The van der Waals surface area contributed by atoms with Gasteiger partial charge in [0.1, 0.15) is 0 Å². The van der Waals surface area contributed by atoms with Crippen molar-refractivity contribution in [3.05, 3.63) is 11.6 Å². The number of unbranched alkanes of at least 4 members (excludes halogenated alkanes) is 6. The van der Waals surface area contributed by atoms with Crippen molar-refractivity contribution in [3.63, 3.8) is 0 Å². The molecule has 0 aromatic rings. The molecular formula is C15H28O2. The number of carbonyl (C=O) groups excluding carboxylic acids is 1. The standard InChI is InChI=1S/C15H28O2/c1-4-6-7-8-9-10-11-12-14(3)13-15(16)17-5-2/h13H,4-12H2,1-3H3/b14-13+. The first-order valence-electron chi connectivity index (χ1n) is 7.04. The van der Waals surface area contributed by atoms with Gasteiger partial charge in [-0.2, -0.15) is 0 Å². The highest BCUT2D eigenvalue weighted by Gasteiger charge is 1.98. The van der Waals surface area contributed by atoms with Crippen LogP contribution < -0.4 is 0 Å². The predicted molar refractivity (Wildman–Crippen MR) is 73.0 cm³/mol. The SMILES string of the molecule is CCCCCCCCC/C(C)=C/C(=O)OCC. The fourth-order valence-corrected chi connectivity index (χ4v) is 1.82. The van der Waals surface area contributed by atoms with Gasteiger partial charge in [0.25, 0.3) is 0 Å². The number of hydrogen-bond donors (Lipinski definition) is 0. The predicted octanol–water partition coefficient (Wildman–Crippen LogP) is 4.64. The van der Waals surface area contributed by atoms with Crippen LogP contribution in [0.3, 0.4) is 0 Å². The zero-order valence-corrected chi connectivity index (χ0v) is 11.8. The third-order valence-corrected chi connectivity index (χ3v) is 2.83. The van der Waals surface area contributed by atoms with Gasteiger partial charge in [-0.1, -0.05) is 51.0 Å². The number of rotatable bonds is 10. The van der Waals surface area contributed by atoms with E-state index in [9.17, 15) is 4.79 Å². The van der Waals surface area contributed by atoms with Gasteiger partial charge < -0.3 is 4.74 Å². The second-order valence-electron chi connectivity index (χ2n) is 4.61. The lowest BCUT2D eigenvalue weighted by molar-refractivity contribution is -0.137. The summed E-state index contributed by atoms with van der Waals surface area (Å²) < 4.78 is 4.87. The van der Waals surface area contributed by atoms with Gasteiger partial charge in [0.2, 0.25) is 0 Å². The van der Waals surface area contributed by atoms with Gasteiger partial charge in [-0.3, -0.25) is 0 Å². The van der Waals surface area contributed by atoms with Crippen LogP contribution in [0.25, 0.3) is 0 Å². The monoisotopic (exact) mass is 240 g/mol. The third kappa shape index (κ3) is 11.5. The summed E-state index contributed by atoms with van der Waals surface area (Å²) in [7, 11) is 0. The summed E-state index contributed by atoms with van der Waals surface area (Å²) in [6, 6.07) is 0. The molecule has 0 aromatic carbocycles. The van der Waals surface area contributed by atoms with Crippen LogP contribution in [-0.4, -0.2) is 12.6 Å². The number of esters is 1. The van der Waals surface area contributed by atoms with Crippen LogP contribution >= 0.6 is 0 Å². The Balaban J connectivity index is 3.44. The van der Waals surface area contributed by atoms with Gasteiger partial charge in [0.05, 0.1) is 6.61 Å². The lowest BCUT2D eigenvalue weighted by Gasteiger charge is -2.02. The highest BCUT2D eigenvalue weighted by molar-refractivity contribution is 5.82. The molecule has 0 saturated carbocycles. The second-order valence-corrected chi connectivity index (χ2v) is 4.61. The molecule has 0 bridgehead atoms. The maximum atomic E-state index is 11.2. The highest BCUT2D eigenvalue weighted by atomic mass is 16.5. The van der Waals surface area contributed by atoms with Crippen molar-refractivity contribution in [3.8, 4) is 0 Å². The molecule has 0 heterocycles. The first-order valence-corrected chi connectivity index (χ1v) is 7.04. The summed E-state index contributed by atoms with van der Waals surface area (Å²) in [5, 5.41) is 0. The minimum atomic E-state index is -0.201. The van der Waals surface area contributed by atoms with Gasteiger partial charge in [-0.05, 0) is 26.7 Å². The van der Waals surface area contributed by atoms with E-state index in [2.05, 4.69) is 6.92 Å². The van der Waals surface area contributed by atoms with E-state index in [1.807, 2.05) is 13.8 Å². The average molecular weight is 240 g/mol. The fraction of sp³-hybridized carbons (Fsp3) is 0.800. The third-order valence-electron chi connectivity index (χ3n) is 2.83. The van der Waals surface area contributed by atoms with Crippen LogP contribution in [-0.2, 0) is 9.53 Å². The largest absolute Gasteiger partial charge is 0.463 e. The van der Waals surface area contributed by atoms with Crippen LogP contribution in [0.2, 0.25) is 0 Å². The van der Waals surface area contributed by atoms with Crippen LogP contribution in [0, 0.1) is 0 Å². The molecule has 0 atom stereocenters. The molecule has 0 radical (unpaired) electrons. The van der Waals surface area contributed by atoms with Gasteiger partial charge in [-0.25, -0.2) is 4.79 Å². The molecular weight excluding hydrogens is 212 g/mol. The van der Waals surface area contributed by atoms with Crippen LogP contribution in [0.5, 0.6) is 0 Å². The Morgan fingerprint density at radius 1 is 1.00 bits per heavy atom. The number of carbonyl (C=O) groups is 1. The van der Waals surface area contributed by atoms with E-state index in [4.69, 9.17) is 4.74 Å². The van der Waals surface area contributed by atoms with E-state index < -0.39 is 0 Å². The molecule has 0 unspecified atom stereocenters. The van der Waals surface area contributed by atoms with Crippen molar-refractivity contribution in [2.24, 2.45) is 0 Å². The molecule has 0 amide bonds. The van der Waals surface area contributed by atoms with Crippen molar-refractivity contribution in [2.45, 2.75) is 72.1 Å². The number of ether oxygens (including phenoxy) is 1. The fourth-order valence-electron chi connectivity index (χ4n) is 1.82. The second kappa shape index (κ2) is 11.7. The van der Waals surface area contributed by atoms with Crippen molar-refractivity contribution in [1.29, 1.82) is 0 Å². The van der Waals surface area contributed by atoms with Gasteiger partial charge in [0.15, 0.2) is 0 Å². The Morgan fingerprint density at radius 2 is 1.59 bits per heavy atom. The topological polar surface area (TPSA) is 26.3 Å². The smallest absolute Gasteiger partial charge is 0.330 e. The molecule has 2 nitrogen and oxygen atoms in total. The molecule has 0 aliphatic heterocycles. The molecule has 17 heavy (non-hydrogen) atoms. The molecule has 0 aliphatic rings. The molecule has 0 fully saturated rings. The van der Waals surface area contributed by atoms with Crippen molar-refractivity contribution < 1.29 is 9.53 Å². The Morgan fingerprint density at radius 3 is 2.18 bits per heavy atom. The van der Waals surface area contributed by atoms with Crippen LogP contribution in [0.1, 0.15) is 72.1 Å². The normalized spacial score (nSPS) is 11.6. The minimum absolute atomic E-state index is 0.201. The van der Waals surface area contributed by atoms with Crippen molar-refractivity contribution >= 4 is 5.97 Å². The van der Waals surface area contributed by atoms with E-state index >= 15 is 0 Å². The zero-order valence-electron chi connectivity index (χ0n) is 11.8. The Labute approximate surface area is 106 Å². The van der Waals surface area contributed by atoms with E-state index in [1.54, 1.807) is 6.08 Å². The van der Waals surface area contributed by atoms with Crippen LogP contribution in [0.15, 0.2) is 11.6 Å². The quantitative estimate of drug-likeness (QED) is 0.316. The maximum absolute atomic E-state index is 11.2. The summed E-state index contributed by atoms with van der Waals surface area (Å²) in [4.78, 5) is 11.2. The molecule has 2 heteroatoms. The highest BCUT2D eigenvalue weighted by Crippen LogP contribution is 2.12. The average Bonchev–Trinajstić information content (AvgIpc) is 2.28. The molecule has 0 saturated heterocycles. The van der Waals surface area contributed by atoms with Gasteiger partial charge in [-0.15, -0.1) is 0 Å². The van der Waals surface area contributed by atoms with Crippen molar-refractivity contribution in [1.82, 2.24) is 0 Å². The summed E-state index contributed by atoms with van der Waals surface area (Å²) in [6.07, 6.45) is 11.8. The van der Waals surface area contributed by atoms with E-state index in [0.29, 0.717) is 6.61 Å². The summed E-state index contributed by atoms with van der Waals surface area (Å²) in [6.45, 7) is 6.54. The molecule has 0 spiro atoms. The zero-order chi connectivity index (χ0) is 12.9. The minimum Gasteiger partial charge on any atom is -0.463 e. The van der Waals surface area contributed by atoms with E-state index in [1.165, 1.54) is 44.9 Å². The first-order chi connectivity index (χ1) is 8.20. The number of hydrogen-bond acceptors (Lipinski definition) is 2. The first kappa shape index (κ1) is 16.2. The molecule has 0 rings (SSSR count). The van der Waals surface area contributed by atoms with Crippen molar-refractivity contribution in [2.75, 3.05) is 6.61 Å².